The van der Waals surface area contributed by atoms with Crippen LogP contribution in [0.15, 0.2) is 30.3 Å². The van der Waals surface area contributed by atoms with Gasteiger partial charge in [0.15, 0.2) is 0 Å². The van der Waals surface area contributed by atoms with Crippen LogP contribution >= 0.6 is 60.0 Å². The molecule has 1 saturated heterocycles. The standard InChI is InChI=1S/C10H11I3Te/c11-9-6-7-14(12,13)10(9)8-4-2-1-3-5-8/h1-5,9-10H,6-7H2. The van der Waals surface area contributed by atoms with E-state index in [1.807, 2.05) is 0 Å². The van der Waals surface area contributed by atoms with Gasteiger partial charge in [0.25, 0.3) is 0 Å². The molecule has 0 saturated carbocycles. The average molecular weight is 640 g/mol. The van der Waals surface area contributed by atoms with E-state index >= 15 is 0 Å². The number of benzene rings is 1. The van der Waals surface area contributed by atoms with Crippen molar-refractivity contribution in [3.63, 3.8) is 0 Å². The van der Waals surface area contributed by atoms with Gasteiger partial charge in [-0.1, -0.05) is 0 Å². The third-order valence-electron chi connectivity index (χ3n) is 2.49. The summed E-state index contributed by atoms with van der Waals surface area (Å²) in [5, 5.41) is 0. The fourth-order valence-corrected chi connectivity index (χ4v) is 32.4. The van der Waals surface area contributed by atoms with Crippen LogP contribution in [0.2, 0.25) is 4.47 Å². The molecule has 0 aliphatic carbocycles. The molecule has 4 heteroatoms. The molecule has 0 spiro atoms. The van der Waals surface area contributed by atoms with Crippen molar-refractivity contribution in [3.05, 3.63) is 35.9 Å². The van der Waals surface area contributed by atoms with Gasteiger partial charge in [0.2, 0.25) is 0 Å². The summed E-state index contributed by atoms with van der Waals surface area (Å²) < 4.78 is 3.31. The summed E-state index contributed by atoms with van der Waals surface area (Å²) in [5.74, 6) is 0. The van der Waals surface area contributed by atoms with Crippen molar-refractivity contribution in [2.45, 2.75) is 18.8 Å². The number of alkyl halides is 1. The second-order valence-corrected chi connectivity index (χ2v) is 43.6. The Hall–Kier alpha value is 2.20. The van der Waals surface area contributed by atoms with Gasteiger partial charge in [0, 0.05) is 0 Å². The summed E-state index contributed by atoms with van der Waals surface area (Å²) in [7, 11) is -1.58. The third-order valence-corrected chi connectivity index (χ3v) is 24.7. The van der Waals surface area contributed by atoms with Gasteiger partial charge in [0.1, 0.15) is 0 Å². The van der Waals surface area contributed by atoms with Gasteiger partial charge < -0.3 is 0 Å². The zero-order valence-corrected chi connectivity index (χ0v) is 16.3. The first-order chi connectivity index (χ1) is 6.61. The summed E-state index contributed by atoms with van der Waals surface area (Å²) in [5.41, 5.74) is 1.59. The molecule has 1 heterocycles. The number of hydrogen-bond acceptors (Lipinski definition) is 0. The van der Waals surface area contributed by atoms with Crippen molar-refractivity contribution < 1.29 is 0 Å². The Morgan fingerprint density at radius 2 is 1.79 bits per heavy atom. The average Bonchev–Trinajstić information content (AvgIpc) is 2.42. The topological polar surface area (TPSA) is 0 Å². The molecule has 2 atom stereocenters. The van der Waals surface area contributed by atoms with E-state index in [-0.39, 0.29) is 0 Å². The normalized spacial score (nSPS) is 32.8. The molecule has 2 rings (SSSR count). The summed E-state index contributed by atoms with van der Waals surface area (Å²) in [4.78, 5) is 0. The van der Waals surface area contributed by atoms with E-state index in [2.05, 4.69) is 90.3 Å². The molecule has 1 aliphatic rings. The van der Waals surface area contributed by atoms with Crippen LogP contribution < -0.4 is 0 Å². The molecular weight excluding hydrogens is 628 g/mol. The first-order valence-corrected chi connectivity index (χ1v) is 22.3. The Morgan fingerprint density at radius 3 is 2.29 bits per heavy atom. The van der Waals surface area contributed by atoms with E-state index < -0.39 is 10.3 Å². The molecular formula is C10H11I3Te. The second-order valence-electron chi connectivity index (χ2n) is 3.46. The van der Waals surface area contributed by atoms with Crippen molar-refractivity contribution in [2.24, 2.45) is 0 Å². The van der Waals surface area contributed by atoms with E-state index in [9.17, 15) is 0 Å². The molecule has 0 amide bonds. The maximum atomic E-state index is 2.82. The first kappa shape index (κ1) is 12.7. The minimum atomic E-state index is -1.58. The van der Waals surface area contributed by atoms with Crippen LogP contribution in [0, 0.1) is 0 Å². The Morgan fingerprint density at radius 1 is 1.14 bits per heavy atom. The van der Waals surface area contributed by atoms with E-state index in [0.29, 0.717) is 0 Å². The van der Waals surface area contributed by atoms with Gasteiger partial charge in [-0.15, -0.1) is 0 Å². The van der Waals surface area contributed by atoms with Gasteiger partial charge in [-0.2, -0.15) is 0 Å². The predicted molar refractivity (Wildman–Crippen MR) is 90.2 cm³/mol. The zero-order valence-electron chi connectivity index (χ0n) is 7.50. The van der Waals surface area contributed by atoms with Crippen LogP contribution in [0.25, 0.3) is 0 Å². The molecule has 0 N–H and O–H groups in total. The van der Waals surface area contributed by atoms with Gasteiger partial charge in [0.05, 0.1) is 0 Å². The molecule has 0 nitrogen and oxygen atoms in total. The fraction of sp³-hybridized carbons (Fsp3) is 0.400. The van der Waals surface area contributed by atoms with Gasteiger partial charge in [-0.05, 0) is 0 Å². The molecule has 0 bridgehead atoms. The van der Waals surface area contributed by atoms with Crippen LogP contribution in [0.1, 0.15) is 16.0 Å². The number of hydrogen-bond donors (Lipinski definition) is 0. The van der Waals surface area contributed by atoms with Crippen LogP contribution in [-0.4, -0.2) is 14.2 Å². The number of rotatable bonds is 1. The van der Waals surface area contributed by atoms with E-state index in [4.69, 9.17) is 0 Å². The Bertz CT molecular complexity index is 312. The molecule has 1 aromatic carbocycles. The Kier molecular flexibility index (Phi) is 4.73. The van der Waals surface area contributed by atoms with Crippen LogP contribution in [0.3, 0.4) is 0 Å². The van der Waals surface area contributed by atoms with Crippen molar-refractivity contribution in [3.8, 4) is 0 Å². The molecule has 1 fully saturated rings. The maximum absolute atomic E-state index is 2.82. The second kappa shape index (κ2) is 5.23. The van der Waals surface area contributed by atoms with E-state index in [1.54, 1.807) is 5.56 Å². The van der Waals surface area contributed by atoms with Crippen molar-refractivity contribution in [1.29, 1.82) is 0 Å². The number of halogens is 3. The SMILES string of the molecule is IC1CC[Te](I)(I)C1c1ccccc1. The molecule has 78 valence electrons. The monoisotopic (exact) mass is 642 g/mol. The van der Waals surface area contributed by atoms with Crippen molar-refractivity contribution in [1.82, 2.24) is 0 Å². The summed E-state index contributed by atoms with van der Waals surface area (Å²) in [6.07, 6.45) is 1.44. The first-order valence-electron chi connectivity index (χ1n) is 4.49. The van der Waals surface area contributed by atoms with Gasteiger partial charge in [-0.25, -0.2) is 0 Å². The molecule has 0 aromatic heterocycles. The van der Waals surface area contributed by atoms with E-state index in [0.717, 1.165) is 7.89 Å². The quantitative estimate of drug-likeness (QED) is 0.235. The minimum absolute atomic E-state index is 0.880. The summed E-state index contributed by atoms with van der Waals surface area (Å²) in [6, 6.07) is 11.1. The zero-order chi connectivity index (χ0) is 10.2. The molecule has 0 radical (unpaired) electrons. The third kappa shape index (κ3) is 2.71. The Balaban J connectivity index is 2.33. The van der Waals surface area contributed by atoms with Gasteiger partial charge in [-0.3, -0.25) is 0 Å². The predicted octanol–water partition coefficient (Wildman–Crippen LogP) is 4.83. The molecule has 14 heavy (non-hydrogen) atoms. The van der Waals surface area contributed by atoms with Crippen LogP contribution in [0.4, 0.5) is 0 Å². The Labute approximate surface area is 122 Å². The molecule has 1 aromatic rings. The van der Waals surface area contributed by atoms with Crippen LogP contribution in [-0.2, 0) is 0 Å². The molecule has 2 unspecified atom stereocenters. The van der Waals surface area contributed by atoms with Gasteiger partial charge >= 0.3 is 125 Å². The summed E-state index contributed by atoms with van der Waals surface area (Å²) >= 11 is 8.30. The van der Waals surface area contributed by atoms with Crippen molar-refractivity contribution >= 4 is 70.3 Å². The van der Waals surface area contributed by atoms with E-state index in [1.165, 1.54) is 10.9 Å². The fourth-order valence-electron chi connectivity index (χ4n) is 1.81. The summed E-state index contributed by atoms with van der Waals surface area (Å²) in [6.45, 7) is 0. The van der Waals surface area contributed by atoms with Crippen LogP contribution in [0.5, 0.6) is 0 Å². The van der Waals surface area contributed by atoms with Crippen molar-refractivity contribution in [2.75, 3.05) is 0 Å². The molecule has 1 aliphatic heterocycles.